The van der Waals surface area contributed by atoms with Crippen molar-refractivity contribution in [3.63, 3.8) is 0 Å². The summed E-state index contributed by atoms with van der Waals surface area (Å²) >= 11 is 0. The molecule has 1 aromatic carbocycles. The summed E-state index contributed by atoms with van der Waals surface area (Å²) in [5.74, 6) is 1.45. The second kappa shape index (κ2) is 8.55. The molecule has 0 atom stereocenters. The van der Waals surface area contributed by atoms with Gasteiger partial charge in [-0.1, -0.05) is 26.0 Å². The van der Waals surface area contributed by atoms with E-state index < -0.39 is 6.36 Å². The lowest BCUT2D eigenvalue weighted by Gasteiger charge is -2.27. The first-order valence-electron chi connectivity index (χ1n) is 10.8. The number of rotatable bonds is 7. The molecule has 2 saturated carbocycles. The fraction of sp³-hybridized carbons (Fsp3) is 0.565. The van der Waals surface area contributed by atoms with E-state index in [0.717, 1.165) is 31.6 Å². The molecule has 2 aromatic rings. The van der Waals surface area contributed by atoms with E-state index in [-0.39, 0.29) is 11.2 Å². The molecule has 0 aliphatic heterocycles. The van der Waals surface area contributed by atoms with Crippen LogP contribution < -0.4 is 14.8 Å². The van der Waals surface area contributed by atoms with Crippen molar-refractivity contribution in [3.05, 3.63) is 30.5 Å². The molecule has 2 aliphatic carbocycles. The maximum atomic E-state index is 12.4. The van der Waals surface area contributed by atoms with Gasteiger partial charge in [0, 0.05) is 17.7 Å². The average molecular weight is 435 g/mol. The van der Waals surface area contributed by atoms with Crippen molar-refractivity contribution in [3.8, 4) is 22.8 Å². The van der Waals surface area contributed by atoms with Crippen LogP contribution >= 0.6 is 0 Å². The lowest BCUT2D eigenvalue weighted by atomic mass is 9.87. The largest absolute Gasteiger partial charge is 0.573 e. The predicted octanol–water partition coefficient (Wildman–Crippen LogP) is 6.21. The molecule has 1 N–H and O–H groups in total. The standard InChI is InChI=1S/C23H28F3N3O2/c1-15-3-7-17(8-4-15)28-21-27-13-19(20(29-21)30-14-22(2)11-12-22)16-5-9-18(10-6-16)31-23(24,25)26/h5-6,9-10,13,15,17H,3-4,7-8,11-12,14H2,1-2H3,(H,27,28,29)/t15-,17-. The minimum absolute atomic E-state index is 0.166. The van der Waals surface area contributed by atoms with E-state index in [1.807, 2.05) is 0 Å². The molecule has 0 saturated heterocycles. The normalized spacial score (nSPS) is 22.6. The smallest absolute Gasteiger partial charge is 0.477 e. The van der Waals surface area contributed by atoms with Crippen molar-refractivity contribution in [2.75, 3.05) is 11.9 Å². The highest BCUT2D eigenvalue weighted by Crippen LogP contribution is 2.45. The number of hydrogen-bond acceptors (Lipinski definition) is 5. The molecule has 0 radical (unpaired) electrons. The molecule has 1 aromatic heterocycles. The van der Waals surface area contributed by atoms with Crippen LogP contribution in [0.1, 0.15) is 52.4 Å². The number of alkyl halides is 3. The topological polar surface area (TPSA) is 56.3 Å². The van der Waals surface area contributed by atoms with Crippen LogP contribution in [0.15, 0.2) is 30.5 Å². The maximum absolute atomic E-state index is 12.4. The first kappa shape index (κ1) is 21.7. The molecule has 0 spiro atoms. The highest BCUT2D eigenvalue weighted by atomic mass is 19.4. The van der Waals surface area contributed by atoms with Gasteiger partial charge in [-0.2, -0.15) is 4.98 Å². The van der Waals surface area contributed by atoms with Crippen LogP contribution in [-0.2, 0) is 0 Å². The Kier molecular flexibility index (Phi) is 5.99. The molecular formula is C23H28F3N3O2. The number of halogens is 3. The fourth-order valence-corrected chi connectivity index (χ4v) is 3.77. The first-order chi connectivity index (χ1) is 14.7. The highest BCUT2D eigenvalue weighted by molar-refractivity contribution is 5.69. The van der Waals surface area contributed by atoms with E-state index in [1.54, 1.807) is 18.3 Å². The summed E-state index contributed by atoms with van der Waals surface area (Å²) in [5.41, 5.74) is 1.48. The summed E-state index contributed by atoms with van der Waals surface area (Å²) in [4.78, 5) is 9.08. The van der Waals surface area contributed by atoms with E-state index >= 15 is 0 Å². The summed E-state index contributed by atoms with van der Waals surface area (Å²) in [6, 6.07) is 6.02. The number of ether oxygens (including phenoxy) is 2. The van der Waals surface area contributed by atoms with Gasteiger partial charge in [-0.3, -0.25) is 0 Å². The summed E-state index contributed by atoms with van der Waals surface area (Å²) < 4.78 is 47.3. The summed E-state index contributed by atoms with van der Waals surface area (Å²) in [6.07, 6.45) is 3.72. The SMILES string of the molecule is CC1(COc2nc(N[C@H]3CC[C@H](C)CC3)ncc2-c2ccc(OC(F)(F)F)cc2)CC1. The van der Waals surface area contributed by atoms with Crippen LogP contribution in [0.25, 0.3) is 11.1 Å². The van der Waals surface area contributed by atoms with Gasteiger partial charge < -0.3 is 14.8 Å². The third-order valence-corrected chi connectivity index (χ3v) is 6.16. The Bertz CT molecular complexity index is 890. The molecule has 168 valence electrons. The fourth-order valence-electron chi connectivity index (χ4n) is 3.77. The van der Waals surface area contributed by atoms with E-state index in [0.29, 0.717) is 35.6 Å². The molecule has 5 nitrogen and oxygen atoms in total. The van der Waals surface area contributed by atoms with Crippen LogP contribution in [-0.4, -0.2) is 29.0 Å². The molecule has 31 heavy (non-hydrogen) atoms. The van der Waals surface area contributed by atoms with Gasteiger partial charge in [-0.15, -0.1) is 13.2 Å². The van der Waals surface area contributed by atoms with E-state index in [9.17, 15) is 13.2 Å². The van der Waals surface area contributed by atoms with Crippen LogP contribution in [0.2, 0.25) is 0 Å². The molecule has 2 fully saturated rings. The molecule has 8 heteroatoms. The lowest BCUT2D eigenvalue weighted by molar-refractivity contribution is -0.274. The van der Waals surface area contributed by atoms with E-state index in [2.05, 4.69) is 33.9 Å². The Balaban J connectivity index is 1.54. The number of anilines is 1. The van der Waals surface area contributed by atoms with Gasteiger partial charge in [0.1, 0.15) is 5.75 Å². The molecule has 1 heterocycles. The maximum Gasteiger partial charge on any atom is 0.573 e. The molecule has 2 aliphatic rings. The zero-order chi connectivity index (χ0) is 22.1. The Hall–Kier alpha value is -2.51. The third kappa shape index (κ3) is 6.02. The summed E-state index contributed by atoms with van der Waals surface area (Å²) in [7, 11) is 0. The molecule has 0 unspecified atom stereocenters. The summed E-state index contributed by atoms with van der Waals surface area (Å²) in [6.45, 7) is 4.99. The van der Waals surface area contributed by atoms with Gasteiger partial charge in [-0.05, 0) is 62.1 Å². The minimum Gasteiger partial charge on any atom is -0.477 e. The van der Waals surface area contributed by atoms with Crippen molar-refractivity contribution >= 4 is 5.95 Å². The zero-order valence-electron chi connectivity index (χ0n) is 17.8. The lowest BCUT2D eigenvalue weighted by Crippen LogP contribution is -2.26. The zero-order valence-corrected chi connectivity index (χ0v) is 17.8. The number of benzene rings is 1. The number of nitrogens with one attached hydrogen (secondary N) is 1. The second-order valence-electron chi connectivity index (χ2n) is 9.19. The molecule has 0 amide bonds. The van der Waals surface area contributed by atoms with Crippen LogP contribution in [0, 0.1) is 11.3 Å². The van der Waals surface area contributed by atoms with Crippen molar-refractivity contribution in [2.45, 2.75) is 64.8 Å². The van der Waals surface area contributed by atoms with Crippen molar-refractivity contribution in [1.82, 2.24) is 9.97 Å². The van der Waals surface area contributed by atoms with Gasteiger partial charge in [0.2, 0.25) is 11.8 Å². The van der Waals surface area contributed by atoms with Gasteiger partial charge in [-0.25, -0.2) is 4.98 Å². The molecular weight excluding hydrogens is 407 g/mol. The third-order valence-electron chi connectivity index (χ3n) is 6.16. The van der Waals surface area contributed by atoms with Crippen molar-refractivity contribution < 1.29 is 22.6 Å². The van der Waals surface area contributed by atoms with Gasteiger partial charge in [0.05, 0.1) is 12.2 Å². The first-order valence-corrected chi connectivity index (χ1v) is 10.8. The van der Waals surface area contributed by atoms with Crippen molar-refractivity contribution in [1.29, 1.82) is 0 Å². The van der Waals surface area contributed by atoms with Crippen LogP contribution in [0.3, 0.4) is 0 Å². The van der Waals surface area contributed by atoms with E-state index in [4.69, 9.17) is 4.74 Å². The monoisotopic (exact) mass is 435 g/mol. The quantitative estimate of drug-likeness (QED) is 0.560. The van der Waals surface area contributed by atoms with Gasteiger partial charge in [0.25, 0.3) is 0 Å². The average Bonchev–Trinajstić information content (AvgIpc) is 3.46. The molecule has 0 bridgehead atoms. The number of nitrogens with zero attached hydrogens (tertiary/aromatic N) is 2. The Morgan fingerprint density at radius 2 is 1.77 bits per heavy atom. The van der Waals surface area contributed by atoms with Gasteiger partial charge in [0.15, 0.2) is 0 Å². The van der Waals surface area contributed by atoms with Crippen LogP contribution in [0.4, 0.5) is 19.1 Å². The molecule has 4 rings (SSSR count). The minimum atomic E-state index is -4.72. The Morgan fingerprint density at radius 1 is 1.10 bits per heavy atom. The highest BCUT2D eigenvalue weighted by Gasteiger charge is 2.38. The van der Waals surface area contributed by atoms with E-state index in [1.165, 1.54) is 25.0 Å². The second-order valence-corrected chi connectivity index (χ2v) is 9.19. The van der Waals surface area contributed by atoms with Gasteiger partial charge >= 0.3 is 6.36 Å². The number of hydrogen-bond donors (Lipinski definition) is 1. The van der Waals surface area contributed by atoms with Crippen molar-refractivity contribution in [2.24, 2.45) is 11.3 Å². The van der Waals surface area contributed by atoms with Crippen LogP contribution in [0.5, 0.6) is 11.6 Å². The predicted molar refractivity (Wildman–Crippen MR) is 112 cm³/mol. The Morgan fingerprint density at radius 3 is 2.39 bits per heavy atom. The Labute approximate surface area is 180 Å². The summed E-state index contributed by atoms with van der Waals surface area (Å²) in [5, 5.41) is 3.42. The number of aromatic nitrogens is 2.